The second-order valence-electron chi connectivity index (χ2n) is 4.28. The number of nitrogens with one attached hydrogen (secondary N) is 1. The molecular weight excluding hydrogens is 298 g/mol. The van der Waals surface area contributed by atoms with Gasteiger partial charge in [-0.2, -0.15) is 16.1 Å². The maximum atomic E-state index is 11.7. The lowest BCUT2D eigenvalue weighted by molar-refractivity contribution is -0.144. The number of aliphatic hydroxyl groups is 1. The minimum atomic E-state index is -1.38. The molecule has 0 saturated heterocycles. The molecular formula is C11H13N5O4S. The van der Waals surface area contributed by atoms with Crippen molar-refractivity contribution < 1.29 is 19.8 Å². The first-order chi connectivity index (χ1) is 9.97. The lowest BCUT2D eigenvalue weighted by Gasteiger charge is -2.16. The monoisotopic (exact) mass is 311 g/mol. The van der Waals surface area contributed by atoms with Gasteiger partial charge in [0.05, 0.1) is 6.10 Å². The Kier molecular flexibility index (Phi) is 4.60. The van der Waals surface area contributed by atoms with Crippen molar-refractivity contribution in [2.75, 3.05) is 0 Å². The van der Waals surface area contributed by atoms with Gasteiger partial charge in [-0.25, -0.2) is 4.79 Å². The highest BCUT2D eigenvalue weighted by Crippen LogP contribution is 2.16. The van der Waals surface area contributed by atoms with Crippen LogP contribution in [0.25, 0.3) is 11.4 Å². The van der Waals surface area contributed by atoms with E-state index in [1.54, 1.807) is 0 Å². The molecule has 0 saturated carbocycles. The third kappa shape index (κ3) is 3.83. The van der Waals surface area contributed by atoms with Gasteiger partial charge >= 0.3 is 5.97 Å². The number of aromatic nitrogens is 4. The van der Waals surface area contributed by atoms with E-state index in [2.05, 4.69) is 20.7 Å². The Morgan fingerprint density at radius 3 is 2.86 bits per heavy atom. The highest BCUT2D eigenvalue weighted by molar-refractivity contribution is 7.08. The van der Waals surface area contributed by atoms with Crippen molar-refractivity contribution >= 4 is 23.2 Å². The summed E-state index contributed by atoms with van der Waals surface area (Å²) in [5.74, 6) is -1.56. The van der Waals surface area contributed by atoms with Crippen LogP contribution in [0.5, 0.6) is 0 Å². The number of hydrogen-bond donors (Lipinski definition) is 3. The Labute approximate surface area is 123 Å². The lowest BCUT2D eigenvalue weighted by Crippen LogP contribution is -2.48. The lowest BCUT2D eigenvalue weighted by atomic mass is 10.2. The molecule has 10 heteroatoms. The summed E-state index contributed by atoms with van der Waals surface area (Å²) in [5, 5.41) is 35.6. The fraction of sp³-hybridized carbons (Fsp3) is 0.364. The van der Waals surface area contributed by atoms with Gasteiger partial charge in [0.15, 0.2) is 6.04 Å². The summed E-state index contributed by atoms with van der Waals surface area (Å²) in [5.41, 5.74) is 0.791. The fourth-order valence-corrected chi connectivity index (χ4v) is 2.19. The molecule has 21 heavy (non-hydrogen) atoms. The molecule has 0 radical (unpaired) electrons. The average Bonchev–Trinajstić information content (AvgIpc) is 3.05. The largest absolute Gasteiger partial charge is 0.480 e. The molecule has 2 atom stereocenters. The molecule has 2 aromatic rings. The van der Waals surface area contributed by atoms with Crippen LogP contribution in [0.3, 0.4) is 0 Å². The first-order valence-electron chi connectivity index (χ1n) is 5.98. The van der Waals surface area contributed by atoms with Gasteiger partial charge in [-0.05, 0) is 23.6 Å². The van der Waals surface area contributed by atoms with Gasteiger partial charge in [-0.1, -0.05) is 0 Å². The molecule has 0 aromatic carbocycles. The molecule has 2 heterocycles. The Balaban J connectivity index is 1.98. The number of rotatable bonds is 6. The van der Waals surface area contributed by atoms with E-state index in [1.807, 2.05) is 16.8 Å². The predicted octanol–water partition coefficient (Wildman–Crippen LogP) is -0.648. The SMILES string of the molecule is CC(O)C(NC(=O)Cn1nnc(-c2ccsc2)n1)C(=O)O. The van der Waals surface area contributed by atoms with E-state index in [0.29, 0.717) is 5.82 Å². The van der Waals surface area contributed by atoms with Crippen molar-refractivity contribution in [1.82, 2.24) is 25.5 Å². The van der Waals surface area contributed by atoms with Gasteiger partial charge < -0.3 is 15.5 Å². The topological polar surface area (TPSA) is 130 Å². The van der Waals surface area contributed by atoms with Gasteiger partial charge in [0.2, 0.25) is 11.7 Å². The van der Waals surface area contributed by atoms with Crippen LogP contribution in [0, 0.1) is 0 Å². The summed E-state index contributed by atoms with van der Waals surface area (Å²) < 4.78 is 0. The van der Waals surface area contributed by atoms with Crippen molar-refractivity contribution in [1.29, 1.82) is 0 Å². The van der Waals surface area contributed by atoms with Crippen LogP contribution in [-0.2, 0) is 16.1 Å². The summed E-state index contributed by atoms with van der Waals surface area (Å²) in [6, 6.07) is 0.442. The van der Waals surface area contributed by atoms with E-state index in [0.717, 1.165) is 10.4 Å². The second kappa shape index (κ2) is 6.41. The maximum absolute atomic E-state index is 11.7. The van der Waals surface area contributed by atoms with Crippen LogP contribution in [0.4, 0.5) is 0 Å². The van der Waals surface area contributed by atoms with Gasteiger partial charge in [-0.15, -0.1) is 10.2 Å². The van der Waals surface area contributed by atoms with E-state index in [-0.39, 0.29) is 6.54 Å². The molecule has 0 aliphatic carbocycles. The highest BCUT2D eigenvalue weighted by atomic mass is 32.1. The van der Waals surface area contributed by atoms with Crippen LogP contribution in [0.1, 0.15) is 6.92 Å². The van der Waals surface area contributed by atoms with E-state index in [9.17, 15) is 14.7 Å². The quantitative estimate of drug-likeness (QED) is 0.646. The number of carbonyl (C=O) groups is 2. The fourth-order valence-electron chi connectivity index (χ4n) is 1.55. The third-order valence-electron chi connectivity index (χ3n) is 2.58. The zero-order chi connectivity index (χ0) is 15.4. The number of nitrogens with zero attached hydrogens (tertiary/aromatic N) is 4. The van der Waals surface area contributed by atoms with Crippen molar-refractivity contribution in [2.45, 2.75) is 25.6 Å². The number of aliphatic hydroxyl groups excluding tert-OH is 1. The smallest absolute Gasteiger partial charge is 0.328 e. The molecule has 112 valence electrons. The average molecular weight is 311 g/mol. The van der Waals surface area contributed by atoms with E-state index in [4.69, 9.17) is 5.11 Å². The van der Waals surface area contributed by atoms with E-state index >= 15 is 0 Å². The van der Waals surface area contributed by atoms with Crippen LogP contribution in [0.2, 0.25) is 0 Å². The Bertz CT molecular complexity index is 624. The summed E-state index contributed by atoms with van der Waals surface area (Å²) >= 11 is 1.48. The number of hydrogen-bond acceptors (Lipinski definition) is 7. The molecule has 3 N–H and O–H groups in total. The van der Waals surface area contributed by atoms with Crippen molar-refractivity contribution in [3.05, 3.63) is 16.8 Å². The molecule has 0 aliphatic heterocycles. The number of carbonyl (C=O) groups excluding carboxylic acids is 1. The number of aliphatic carboxylic acids is 1. The Morgan fingerprint density at radius 2 is 2.29 bits per heavy atom. The molecule has 1 amide bonds. The van der Waals surface area contributed by atoms with Gasteiger partial charge in [0.1, 0.15) is 6.54 Å². The van der Waals surface area contributed by atoms with Crippen LogP contribution in [-0.4, -0.2) is 54.4 Å². The molecule has 9 nitrogen and oxygen atoms in total. The third-order valence-corrected chi connectivity index (χ3v) is 3.27. The Hall–Kier alpha value is -2.33. The second-order valence-corrected chi connectivity index (χ2v) is 5.06. The molecule has 2 unspecified atom stereocenters. The van der Waals surface area contributed by atoms with Gasteiger partial charge in [0.25, 0.3) is 0 Å². The minimum Gasteiger partial charge on any atom is -0.480 e. The summed E-state index contributed by atoms with van der Waals surface area (Å²) in [7, 11) is 0. The summed E-state index contributed by atoms with van der Waals surface area (Å²) in [6.07, 6.45) is -1.21. The molecule has 2 rings (SSSR count). The molecule has 0 spiro atoms. The molecule has 0 fully saturated rings. The van der Waals surface area contributed by atoms with Crippen LogP contribution in [0.15, 0.2) is 16.8 Å². The number of amides is 1. The van der Waals surface area contributed by atoms with Gasteiger partial charge in [0, 0.05) is 10.9 Å². The minimum absolute atomic E-state index is 0.284. The zero-order valence-electron chi connectivity index (χ0n) is 11.0. The number of carboxylic acids is 1. The van der Waals surface area contributed by atoms with Crippen LogP contribution < -0.4 is 5.32 Å². The first-order valence-corrected chi connectivity index (χ1v) is 6.92. The summed E-state index contributed by atoms with van der Waals surface area (Å²) in [6.45, 7) is 0.995. The maximum Gasteiger partial charge on any atom is 0.328 e. The Morgan fingerprint density at radius 1 is 1.52 bits per heavy atom. The standard InChI is InChI=1S/C11H13N5O4S/c1-6(17)9(11(19)20)12-8(18)4-16-14-10(13-15-16)7-2-3-21-5-7/h2-3,5-6,9,17H,4H2,1H3,(H,12,18)(H,19,20). The number of carboxylic acid groups (broad SMARTS) is 1. The number of thiophene rings is 1. The van der Waals surface area contributed by atoms with Crippen molar-refractivity contribution in [2.24, 2.45) is 0 Å². The van der Waals surface area contributed by atoms with Crippen molar-refractivity contribution in [3.8, 4) is 11.4 Å². The van der Waals surface area contributed by atoms with E-state index < -0.39 is 24.0 Å². The predicted molar refractivity (Wildman–Crippen MR) is 72.4 cm³/mol. The van der Waals surface area contributed by atoms with Crippen LogP contribution >= 0.6 is 11.3 Å². The first kappa shape index (κ1) is 15.1. The van der Waals surface area contributed by atoms with Crippen molar-refractivity contribution in [3.63, 3.8) is 0 Å². The zero-order valence-corrected chi connectivity index (χ0v) is 11.8. The molecule has 2 aromatic heterocycles. The molecule has 0 bridgehead atoms. The molecule has 0 aliphatic rings. The normalized spacial score (nSPS) is 13.6. The van der Waals surface area contributed by atoms with E-state index in [1.165, 1.54) is 18.3 Å². The number of tetrazole rings is 1. The highest BCUT2D eigenvalue weighted by Gasteiger charge is 2.25. The van der Waals surface area contributed by atoms with Gasteiger partial charge in [-0.3, -0.25) is 4.79 Å². The summed E-state index contributed by atoms with van der Waals surface area (Å²) in [4.78, 5) is 23.6.